The molecule has 0 aliphatic heterocycles. The Morgan fingerprint density at radius 1 is 0.209 bits per heavy atom. The van der Waals surface area contributed by atoms with Gasteiger partial charge in [-0.3, -0.25) is 4.57 Å². The molecule has 0 aliphatic rings. The van der Waals surface area contributed by atoms with E-state index in [-0.39, 0.29) is 0 Å². The molecule has 0 fully saturated rings. The number of benzene rings is 14. The molecule has 0 bridgehead atoms. The van der Waals surface area contributed by atoms with E-state index in [4.69, 9.17) is 15.0 Å². The third-order valence-corrected chi connectivity index (χ3v) is 17.4. The fraction of sp³-hybridized carbons (Fsp3) is 0. The number of fused-ring (bicyclic) bond motifs is 9. The molecule has 3 heterocycles. The van der Waals surface area contributed by atoms with Gasteiger partial charge in [0, 0.05) is 38.4 Å². The van der Waals surface area contributed by atoms with Gasteiger partial charge >= 0.3 is 0 Å². The van der Waals surface area contributed by atoms with Gasteiger partial charge in [-0.1, -0.05) is 249 Å². The van der Waals surface area contributed by atoms with Crippen LogP contribution in [0.4, 0.5) is 0 Å². The quantitative estimate of drug-likeness (QED) is 0.145. The second-order valence-corrected chi connectivity index (χ2v) is 22.3. The van der Waals surface area contributed by atoms with E-state index in [2.05, 4.69) is 282 Å². The fourth-order valence-corrected chi connectivity index (χ4v) is 13.4. The Morgan fingerprint density at radius 3 is 1.21 bits per heavy atom. The smallest absolute Gasteiger partial charge is 0.238 e. The van der Waals surface area contributed by atoms with Crippen molar-refractivity contribution in [3.05, 3.63) is 309 Å². The Hall–Kier alpha value is -11.5. The van der Waals surface area contributed by atoms with E-state index in [9.17, 15) is 0 Å². The maximum Gasteiger partial charge on any atom is 0.238 e. The van der Waals surface area contributed by atoms with Crippen LogP contribution in [0.3, 0.4) is 0 Å². The molecule has 0 amide bonds. The van der Waals surface area contributed by atoms with Gasteiger partial charge in [-0.25, -0.2) is 4.98 Å². The summed E-state index contributed by atoms with van der Waals surface area (Å²) in [5, 5.41) is 12.0. The summed E-state index contributed by atoms with van der Waals surface area (Å²) >= 11 is 0. The fourth-order valence-electron chi connectivity index (χ4n) is 13.4. The molecule has 400 valence electrons. The van der Waals surface area contributed by atoms with Crippen LogP contribution in [0.2, 0.25) is 0 Å². The van der Waals surface area contributed by atoms with Crippen molar-refractivity contribution in [1.82, 2.24) is 24.1 Å². The summed E-state index contributed by atoms with van der Waals surface area (Å²) in [6, 6.07) is 112. The zero-order chi connectivity index (χ0) is 56.7. The number of hydrogen-bond donors (Lipinski definition) is 0. The van der Waals surface area contributed by atoms with Crippen molar-refractivity contribution in [2.75, 3.05) is 0 Å². The number of nitrogens with zero attached hydrogens (tertiary/aromatic N) is 5. The van der Waals surface area contributed by atoms with Gasteiger partial charge in [0.25, 0.3) is 0 Å². The lowest BCUT2D eigenvalue weighted by atomic mass is 9.85. The van der Waals surface area contributed by atoms with Crippen LogP contribution in [-0.2, 0) is 0 Å². The van der Waals surface area contributed by atoms with Gasteiger partial charge < -0.3 is 4.57 Å². The summed E-state index contributed by atoms with van der Waals surface area (Å²) in [5.41, 5.74) is 19.2. The minimum atomic E-state index is 0.572. The lowest BCUT2D eigenvalue weighted by Crippen LogP contribution is -2.06. The summed E-state index contributed by atoms with van der Waals surface area (Å²) in [6.45, 7) is 0. The summed E-state index contributed by atoms with van der Waals surface area (Å²) in [4.78, 5) is 15.4. The van der Waals surface area contributed by atoms with Gasteiger partial charge in [0.15, 0.2) is 11.6 Å². The molecule has 0 aliphatic carbocycles. The molecule has 0 saturated heterocycles. The van der Waals surface area contributed by atoms with Crippen LogP contribution >= 0.6 is 0 Å². The molecule has 5 heteroatoms. The highest BCUT2D eigenvalue weighted by Gasteiger charge is 2.22. The van der Waals surface area contributed by atoms with Crippen LogP contribution in [0.1, 0.15) is 0 Å². The van der Waals surface area contributed by atoms with Crippen molar-refractivity contribution in [2.45, 2.75) is 0 Å². The predicted molar refractivity (Wildman–Crippen MR) is 359 cm³/mol. The van der Waals surface area contributed by atoms with E-state index in [0.29, 0.717) is 17.6 Å². The second kappa shape index (κ2) is 20.1. The topological polar surface area (TPSA) is 48.5 Å². The highest BCUT2D eigenvalue weighted by molar-refractivity contribution is 6.18. The van der Waals surface area contributed by atoms with Crippen LogP contribution in [0.15, 0.2) is 309 Å². The molecule has 0 N–H and O–H groups in total. The Morgan fingerprint density at radius 2 is 0.605 bits per heavy atom. The molecule has 86 heavy (non-hydrogen) atoms. The van der Waals surface area contributed by atoms with E-state index >= 15 is 0 Å². The van der Waals surface area contributed by atoms with E-state index in [1.54, 1.807) is 0 Å². The molecule has 5 nitrogen and oxygen atoms in total. The van der Waals surface area contributed by atoms with Gasteiger partial charge in [-0.15, -0.1) is 0 Å². The Labute approximate surface area is 496 Å². The number of hydrogen-bond acceptors (Lipinski definition) is 3. The minimum absolute atomic E-state index is 0.572. The zero-order valence-corrected chi connectivity index (χ0v) is 46.7. The normalized spacial score (nSPS) is 11.7. The van der Waals surface area contributed by atoms with E-state index < -0.39 is 0 Å². The monoisotopic (exact) mass is 1090 g/mol. The van der Waals surface area contributed by atoms with Crippen molar-refractivity contribution in [1.29, 1.82) is 0 Å². The molecule has 0 atom stereocenters. The molecule has 3 aromatic heterocycles. The molecule has 0 unspecified atom stereocenters. The SMILES string of the molecule is c1ccc(-c2nc(-c3ccccc3)nc(-n3c4ccccc4c4cc(-c5ccc6c(c5)c5cc(-c7cccc(-c8ccc(-c9cccc%10ccccc9%10)c9c(-c%10cccc%11ccccc%10%11)cccc89)c7)ccc5n6-c5ccccc5)ccc43)n2)cc1. The van der Waals surface area contributed by atoms with Crippen LogP contribution < -0.4 is 0 Å². The largest absolute Gasteiger partial charge is 0.309 e. The third kappa shape index (κ3) is 8.12. The van der Waals surface area contributed by atoms with Crippen LogP contribution in [-0.4, -0.2) is 24.1 Å². The third-order valence-electron chi connectivity index (χ3n) is 17.4. The summed E-state index contributed by atoms with van der Waals surface area (Å²) in [6.07, 6.45) is 0. The van der Waals surface area contributed by atoms with Crippen molar-refractivity contribution in [2.24, 2.45) is 0 Å². The van der Waals surface area contributed by atoms with Gasteiger partial charge in [0.2, 0.25) is 5.95 Å². The molecule has 14 aromatic carbocycles. The number of aromatic nitrogens is 5. The zero-order valence-electron chi connectivity index (χ0n) is 46.7. The van der Waals surface area contributed by atoms with Gasteiger partial charge in [-0.2, -0.15) is 9.97 Å². The van der Waals surface area contributed by atoms with Crippen LogP contribution in [0, 0.1) is 0 Å². The average molecular weight is 1090 g/mol. The van der Waals surface area contributed by atoms with Gasteiger partial charge in [0.1, 0.15) is 0 Å². The van der Waals surface area contributed by atoms with Crippen molar-refractivity contribution < 1.29 is 0 Å². The average Bonchev–Trinajstić information content (AvgIpc) is 1.59. The first-order valence-electron chi connectivity index (χ1n) is 29.3. The summed E-state index contributed by atoms with van der Waals surface area (Å²) in [7, 11) is 0. The number of rotatable bonds is 9. The molecule has 0 saturated carbocycles. The lowest BCUT2D eigenvalue weighted by Gasteiger charge is -2.18. The number of para-hydroxylation sites is 2. The van der Waals surface area contributed by atoms with Gasteiger partial charge in [0.05, 0.1) is 22.1 Å². The standard InChI is InChI=1S/C81H51N5/c1-4-22-54(23-5-1)79-82-80(55-24-6-2-7-25-55)84-81(83-79)86-74-39-15-14-34-67(74)71-49-58(42-47-77(71)86)59-41-46-76-73(51-59)72-50-57(40-45-75(72)85(76)61-30-8-3-9-31-61)56-28-16-29-60(48-56)64-43-44-70(66-36-18-27-53-21-11-13-33-63(53)66)78-68(64)37-19-38-69(78)65-35-17-26-52-20-10-12-32-62(52)65/h1-51H. The highest BCUT2D eigenvalue weighted by Crippen LogP contribution is 2.46. The van der Waals surface area contributed by atoms with Crippen molar-refractivity contribution >= 4 is 75.9 Å². The Balaban J connectivity index is 0.810. The van der Waals surface area contributed by atoms with E-state index in [0.717, 1.165) is 71.9 Å². The first-order chi connectivity index (χ1) is 42.6. The first kappa shape index (κ1) is 49.1. The molecular weight excluding hydrogens is 1040 g/mol. The summed E-state index contributed by atoms with van der Waals surface area (Å²) in [5.74, 6) is 1.82. The van der Waals surface area contributed by atoms with Crippen LogP contribution in [0.25, 0.3) is 166 Å². The van der Waals surface area contributed by atoms with Crippen LogP contribution in [0.5, 0.6) is 0 Å². The van der Waals surface area contributed by atoms with Crippen molar-refractivity contribution in [3.63, 3.8) is 0 Å². The molecule has 0 spiro atoms. The summed E-state index contributed by atoms with van der Waals surface area (Å²) < 4.78 is 4.60. The van der Waals surface area contributed by atoms with Crippen molar-refractivity contribution in [3.8, 4) is 90.0 Å². The van der Waals surface area contributed by atoms with Gasteiger partial charge in [-0.05, 0) is 149 Å². The van der Waals surface area contributed by atoms with E-state index in [1.165, 1.54) is 76.5 Å². The maximum atomic E-state index is 5.19. The maximum absolute atomic E-state index is 5.19. The predicted octanol–water partition coefficient (Wildman–Crippen LogP) is 21.2. The molecular formula is C81H51N5. The molecule has 17 aromatic rings. The molecule has 0 radical (unpaired) electrons. The Kier molecular flexibility index (Phi) is 11.5. The molecule has 17 rings (SSSR count). The first-order valence-corrected chi connectivity index (χ1v) is 29.3. The Bertz CT molecular complexity index is 5370. The second-order valence-electron chi connectivity index (χ2n) is 22.3. The van der Waals surface area contributed by atoms with E-state index in [1.807, 2.05) is 36.4 Å². The lowest BCUT2D eigenvalue weighted by molar-refractivity contribution is 0.953. The highest BCUT2D eigenvalue weighted by atomic mass is 15.2. The minimum Gasteiger partial charge on any atom is -0.309 e.